The highest BCUT2D eigenvalue weighted by Gasteiger charge is 2.44. The Morgan fingerprint density at radius 3 is 2.54 bits per heavy atom. The van der Waals surface area contributed by atoms with Gasteiger partial charge in [0.25, 0.3) is 0 Å². The predicted octanol–water partition coefficient (Wildman–Crippen LogP) is 0.873. The highest BCUT2D eigenvalue weighted by molar-refractivity contribution is 5.84. The molecule has 1 saturated heterocycles. The van der Waals surface area contributed by atoms with E-state index in [1.165, 1.54) is 0 Å². The van der Waals surface area contributed by atoms with Crippen molar-refractivity contribution >= 4 is 5.91 Å². The van der Waals surface area contributed by atoms with E-state index < -0.39 is 5.41 Å². The molecular weight excluding hydrogens is 166 g/mol. The van der Waals surface area contributed by atoms with Crippen molar-refractivity contribution in [3.63, 3.8) is 0 Å². The number of aliphatic hydroxyl groups is 1. The van der Waals surface area contributed by atoms with Crippen molar-refractivity contribution < 1.29 is 9.90 Å². The van der Waals surface area contributed by atoms with Gasteiger partial charge in [-0.2, -0.15) is 0 Å². The van der Waals surface area contributed by atoms with Crippen molar-refractivity contribution in [2.45, 2.75) is 26.7 Å². The summed E-state index contributed by atoms with van der Waals surface area (Å²) in [5.74, 6) is 0.575. The van der Waals surface area contributed by atoms with E-state index in [4.69, 9.17) is 0 Å². The SMILES string of the molecule is CC(C)CC1(CO)CCN(C)C1=O. The number of hydrogen-bond donors (Lipinski definition) is 1. The van der Waals surface area contributed by atoms with Crippen molar-refractivity contribution in [3.05, 3.63) is 0 Å². The molecule has 0 aliphatic carbocycles. The molecule has 1 heterocycles. The maximum atomic E-state index is 11.8. The number of hydrogen-bond acceptors (Lipinski definition) is 2. The Labute approximate surface area is 79.7 Å². The average Bonchev–Trinajstić information content (AvgIpc) is 2.33. The molecule has 0 spiro atoms. The average molecular weight is 185 g/mol. The Bertz CT molecular complexity index is 203. The van der Waals surface area contributed by atoms with Crippen molar-refractivity contribution in [2.75, 3.05) is 20.2 Å². The molecule has 0 aromatic heterocycles. The van der Waals surface area contributed by atoms with Crippen LogP contribution in [0.2, 0.25) is 0 Å². The Kier molecular flexibility index (Phi) is 2.96. The van der Waals surface area contributed by atoms with Crippen LogP contribution in [0.1, 0.15) is 26.7 Å². The van der Waals surface area contributed by atoms with E-state index >= 15 is 0 Å². The zero-order valence-electron chi connectivity index (χ0n) is 8.71. The minimum Gasteiger partial charge on any atom is -0.395 e. The van der Waals surface area contributed by atoms with Gasteiger partial charge in [-0.15, -0.1) is 0 Å². The lowest BCUT2D eigenvalue weighted by molar-refractivity contribution is -0.137. The van der Waals surface area contributed by atoms with Gasteiger partial charge in [0.15, 0.2) is 0 Å². The van der Waals surface area contributed by atoms with E-state index in [0.717, 1.165) is 19.4 Å². The second kappa shape index (κ2) is 3.66. The topological polar surface area (TPSA) is 40.5 Å². The predicted molar refractivity (Wildman–Crippen MR) is 51.2 cm³/mol. The quantitative estimate of drug-likeness (QED) is 0.709. The van der Waals surface area contributed by atoms with Crippen molar-refractivity contribution in [3.8, 4) is 0 Å². The summed E-state index contributed by atoms with van der Waals surface area (Å²) in [6, 6.07) is 0. The van der Waals surface area contributed by atoms with Crippen molar-refractivity contribution in [1.29, 1.82) is 0 Å². The molecule has 3 nitrogen and oxygen atoms in total. The first kappa shape index (κ1) is 10.5. The molecule has 0 aromatic carbocycles. The van der Waals surface area contributed by atoms with Gasteiger partial charge in [0, 0.05) is 13.6 Å². The highest BCUT2D eigenvalue weighted by Crippen LogP contribution is 2.36. The summed E-state index contributed by atoms with van der Waals surface area (Å²) < 4.78 is 0. The number of carbonyl (C=O) groups excluding carboxylic acids is 1. The molecule has 0 radical (unpaired) electrons. The number of rotatable bonds is 3. The summed E-state index contributed by atoms with van der Waals surface area (Å²) in [5, 5.41) is 9.31. The van der Waals surface area contributed by atoms with Crippen LogP contribution in [0.15, 0.2) is 0 Å². The van der Waals surface area contributed by atoms with Crippen LogP contribution in [0.3, 0.4) is 0 Å². The smallest absolute Gasteiger partial charge is 0.230 e. The molecule has 1 fully saturated rings. The highest BCUT2D eigenvalue weighted by atomic mass is 16.3. The zero-order chi connectivity index (χ0) is 10.1. The van der Waals surface area contributed by atoms with Crippen LogP contribution in [0, 0.1) is 11.3 Å². The van der Waals surface area contributed by atoms with E-state index in [1.54, 1.807) is 11.9 Å². The van der Waals surface area contributed by atoms with Crippen LogP contribution >= 0.6 is 0 Å². The van der Waals surface area contributed by atoms with Crippen molar-refractivity contribution in [1.82, 2.24) is 4.90 Å². The van der Waals surface area contributed by atoms with Crippen LogP contribution in [-0.2, 0) is 4.79 Å². The maximum absolute atomic E-state index is 11.8. The lowest BCUT2D eigenvalue weighted by atomic mass is 9.79. The first-order chi connectivity index (χ1) is 6.02. The maximum Gasteiger partial charge on any atom is 0.230 e. The van der Waals surface area contributed by atoms with E-state index in [9.17, 15) is 9.90 Å². The molecular formula is C10H19NO2. The molecule has 0 saturated carbocycles. The van der Waals surface area contributed by atoms with E-state index in [-0.39, 0.29) is 12.5 Å². The summed E-state index contributed by atoms with van der Waals surface area (Å²) in [6.07, 6.45) is 1.60. The second-order valence-electron chi connectivity index (χ2n) is 4.51. The van der Waals surface area contributed by atoms with Crippen molar-refractivity contribution in [2.24, 2.45) is 11.3 Å². The van der Waals surface area contributed by atoms with E-state index in [1.807, 2.05) is 0 Å². The monoisotopic (exact) mass is 185 g/mol. The van der Waals surface area contributed by atoms with Gasteiger partial charge in [-0.3, -0.25) is 4.79 Å². The molecule has 1 aliphatic heterocycles. The number of carbonyl (C=O) groups is 1. The van der Waals surface area contributed by atoms with Gasteiger partial charge in [0.05, 0.1) is 12.0 Å². The van der Waals surface area contributed by atoms with Gasteiger partial charge in [0.2, 0.25) is 5.91 Å². The van der Waals surface area contributed by atoms with Gasteiger partial charge in [-0.25, -0.2) is 0 Å². The summed E-state index contributed by atoms with van der Waals surface area (Å²) in [7, 11) is 1.81. The standard InChI is InChI=1S/C10H19NO2/c1-8(2)6-10(7-12)4-5-11(3)9(10)13/h8,12H,4-7H2,1-3H3. The van der Waals surface area contributed by atoms with Crippen LogP contribution in [-0.4, -0.2) is 36.1 Å². The minimum atomic E-state index is -0.469. The van der Waals surface area contributed by atoms with E-state index in [2.05, 4.69) is 13.8 Å². The van der Waals surface area contributed by atoms with Gasteiger partial charge in [-0.05, 0) is 18.8 Å². The van der Waals surface area contributed by atoms with E-state index in [0.29, 0.717) is 5.92 Å². The summed E-state index contributed by atoms with van der Waals surface area (Å²) in [6.45, 7) is 4.95. The Balaban J connectivity index is 2.76. The third-order valence-electron chi connectivity index (χ3n) is 2.83. The first-order valence-electron chi connectivity index (χ1n) is 4.88. The van der Waals surface area contributed by atoms with Gasteiger partial charge in [-0.1, -0.05) is 13.8 Å². The summed E-state index contributed by atoms with van der Waals surface area (Å²) in [5.41, 5.74) is -0.469. The number of likely N-dealkylation sites (tertiary alicyclic amines) is 1. The van der Waals surface area contributed by atoms with Crippen LogP contribution in [0.5, 0.6) is 0 Å². The molecule has 13 heavy (non-hydrogen) atoms. The lowest BCUT2D eigenvalue weighted by Crippen LogP contribution is -2.36. The minimum absolute atomic E-state index is 0.00560. The van der Waals surface area contributed by atoms with Crippen LogP contribution < -0.4 is 0 Å². The molecule has 1 rings (SSSR count). The fourth-order valence-electron chi connectivity index (χ4n) is 2.18. The largest absolute Gasteiger partial charge is 0.395 e. The van der Waals surface area contributed by atoms with Crippen LogP contribution in [0.4, 0.5) is 0 Å². The summed E-state index contributed by atoms with van der Waals surface area (Å²) in [4.78, 5) is 13.5. The van der Waals surface area contributed by atoms with Gasteiger partial charge < -0.3 is 10.0 Å². The normalized spacial score (nSPS) is 29.0. The molecule has 76 valence electrons. The fourth-order valence-corrected chi connectivity index (χ4v) is 2.18. The number of aliphatic hydroxyl groups excluding tert-OH is 1. The molecule has 1 aliphatic rings. The number of amides is 1. The summed E-state index contributed by atoms with van der Waals surface area (Å²) >= 11 is 0. The molecule has 1 N–H and O–H groups in total. The lowest BCUT2D eigenvalue weighted by Gasteiger charge is -2.26. The second-order valence-corrected chi connectivity index (χ2v) is 4.51. The number of nitrogens with zero attached hydrogens (tertiary/aromatic N) is 1. The molecule has 0 bridgehead atoms. The van der Waals surface area contributed by atoms with Gasteiger partial charge in [0.1, 0.15) is 0 Å². The zero-order valence-corrected chi connectivity index (χ0v) is 8.71. The Morgan fingerprint density at radius 2 is 2.23 bits per heavy atom. The Hall–Kier alpha value is -0.570. The molecule has 0 aromatic rings. The molecule has 3 heteroatoms. The van der Waals surface area contributed by atoms with Crippen LogP contribution in [0.25, 0.3) is 0 Å². The van der Waals surface area contributed by atoms with Gasteiger partial charge >= 0.3 is 0 Å². The third kappa shape index (κ3) is 1.85. The Morgan fingerprint density at radius 1 is 1.62 bits per heavy atom. The first-order valence-corrected chi connectivity index (χ1v) is 4.88. The molecule has 1 unspecified atom stereocenters. The third-order valence-corrected chi connectivity index (χ3v) is 2.83. The molecule has 1 amide bonds. The molecule has 1 atom stereocenters. The fraction of sp³-hybridized carbons (Fsp3) is 0.900.